The molecule has 8 nitrogen and oxygen atoms in total. The Morgan fingerprint density at radius 1 is 1.32 bits per heavy atom. The van der Waals surface area contributed by atoms with Crippen LogP contribution < -0.4 is 21.5 Å². The summed E-state index contributed by atoms with van der Waals surface area (Å²) >= 11 is 0. The average Bonchev–Trinajstić information content (AvgIpc) is 3.05. The molecule has 9 heteroatoms. The van der Waals surface area contributed by atoms with Gasteiger partial charge in [0.15, 0.2) is 6.10 Å². The Labute approximate surface area is 144 Å². The van der Waals surface area contributed by atoms with Crippen LogP contribution in [-0.2, 0) is 14.3 Å². The molecule has 1 aromatic carbocycles. The summed E-state index contributed by atoms with van der Waals surface area (Å²) in [6.07, 6.45) is -1.12. The monoisotopic (exact) mass is 352 g/mol. The molecule has 0 aliphatic carbocycles. The quantitative estimate of drug-likeness (QED) is 0.570. The first-order valence-corrected chi connectivity index (χ1v) is 7.95. The molecule has 136 valence electrons. The minimum absolute atomic E-state index is 0.297. The predicted octanol–water partition coefficient (Wildman–Crippen LogP) is 0.368. The summed E-state index contributed by atoms with van der Waals surface area (Å²) in [5, 5.41) is 4.50. The topological polar surface area (TPSA) is 109 Å². The van der Waals surface area contributed by atoms with Crippen LogP contribution in [0.4, 0.5) is 9.18 Å². The number of hydrogen-bond donors (Lipinski definition) is 4. The normalized spacial score (nSPS) is 20.6. The van der Waals surface area contributed by atoms with Gasteiger partial charge in [0.05, 0.1) is 12.0 Å². The number of nitrogens with one attached hydrogen (secondary N) is 4. The molecule has 4 N–H and O–H groups in total. The van der Waals surface area contributed by atoms with Gasteiger partial charge >= 0.3 is 12.0 Å². The van der Waals surface area contributed by atoms with Crippen molar-refractivity contribution in [3.05, 3.63) is 35.6 Å². The van der Waals surface area contributed by atoms with Crippen LogP contribution in [0.5, 0.6) is 0 Å². The number of amides is 3. The van der Waals surface area contributed by atoms with Crippen LogP contribution in [0.2, 0.25) is 0 Å². The molecule has 0 bridgehead atoms. The Hall–Kier alpha value is -2.52. The molecule has 3 amide bonds. The Balaban J connectivity index is 1.95. The molecule has 25 heavy (non-hydrogen) atoms. The third-order valence-corrected chi connectivity index (χ3v) is 3.75. The Morgan fingerprint density at radius 2 is 2.00 bits per heavy atom. The summed E-state index contributed by atoms with van der Waals surface area (Å²) in [5.74, 6) is -2.27. The van der Waals surface area contributed by atoms with Crippen LogP contribution in [0, 0.1) is 11.7 Å². The maximum absolute atomic E-state index is 13.0. The number of benzene rings is 1. The van der Waals surface area contributed by atoms with Crippen LogP contribution in [0.15, 0.2) is 24.3 Å². The Bertz CT molecular complexity index is 638. The lowest BCUT2D eigenvalue weighted by atomic mass is 9.95. The minimum atomic E-state index is -1.12. The third kappa shape index (κ3) is 4.97. The highest BCUT2D eigenvalue weighted by Gasteiger charge is 2.36. The number of hydrazine groups is 1. The molecule has 3 atom stereocenters. The van der Waals surface area contributed by atoms with Gasteiger partial charge in [-0.2, -0.15) is 0 Å². The van der Waals surface area contributed by atoms with Crippen molar-refractivity contribution in [1.82, 2.24) is 21.5 Å². The first-order valence-electron chi connectivity index (χ1n) is 7.95. The van der Waals surface area contributed by atoms with E-state index in [1.54, 1.807) is 19.1 Å². The number of hydrogen-bond acceptors (Lipinski definition) is 6. The first kappa shape index (κ1) is 18.8. The molecule has 1 saturated heterocycles. The van der Waals surface area contributed by atoms with E-state index in [-0.39, 0.29) is 5.82 Å². The van der Waals surface area contributed by atoms with Gasteiger partial charge in [-0.3, -0.25) is 20.3 Å². The van der Waals surface area contributed by atoms with Crippen molar-refractivity contribution >= 4 is 17.9 Å². The molecule has 0 radical (unpaired) electrons. The predicted molar refractivity (Wildman–Crippen MR) is 86.5 cm³/mol. The number of esters is 1. The summed E-state index contributed by atoms with van der Waals surface area (Å²) in [6.45, 7) is 3.76. The summed E-state index contributed by atoms with van der Waals surface area (Å²) in [4.78, 5) is 35.5. The molecular formula is C16H21FN4O4. The molecule has 1 fully saturated rings. The number of rotatable bonds is 5. The Kier molecular flexibility index (Phi) is 6.43. The SMILES string of the molecule is CCNC(=O)NC(=O)C(C)OC(=O)C1CNNC1c1ccc(F)cc1. The number of ether oxygens (including phenoxy) is 1. The van der Waals surface area contributed by atoms with Crippen LogP contribution in [-0.4, -0.2) is 37.1 Å². The highest BCUT2D eigenvalue weighted by Crippen LogP contribution is 2.26. The highest BCUT2D eigenvalue weighted by molar-refractivity contribution is 5.97. The smallest absolute Gasteiger partial charge is 0.321 e. The van der Waals surface area contributed by atoms with Crippen molar-refractivity contribution in [2.24, 2.45) is 5.92 Å². The van der Waals surface area contributed by atoms with E-state index in [2.05, 4.69) is 21.5 Å². The van der Waals surface area contributed by atoms with E-state index in [0.717, 1.165) is 0 Å². The second-order valence-electron chi connectivity index (χ2n) is 5.59. The number of carbonyl (C=O) groups excluding carboxylic acids is 3. The second kappa shape index (κ2) is 8.54. The molecule has 0 spiro atoms. The van der Waals surface area contributed by atoms with E-state index in [9.17, 15) is 18.8 Å². The summed E-state index contributed by atoms with van der Waals surface area (Å²) < 4.78 is 18.2. The van der Waals surface area contributed by atoms with Gasteiger partial charge in [-0.25, -0.2) is 14.6 Å². The van der Waals surface area contributed by atoms with Gasteiger partial charge < -0.3 is 10.1 Å². The minimum Gasteiger partial charge on any atom is -0.452 e. The van der Waals surface area contributed by atoms with Crippen LogP contribution in [0.3, 0.4) is 0 Å². The standard InChI is InChI=1S/C16H21FN4O4/c1-3-18-16(24)20-14(22)9(2)25-15(23)12-8-19-21-13(12)10-4-6-11(17)7-5-10/h4-7,9,12-13,19,21H,3,8H2,1-2H3,(H2,18,20,22,24). The number of imide groups is 1. The Morgan fingerprint density at radius 3 is 2.64 bits per heavy atom. The van der Waals surface area contributed by atoms with Gasteiger partial charge in [-0.05, 0) is 31.5 Å². The van der Waals surface area contributed by atoms with E-state index >= 15 is 0 Å². The lowest BCUT2D eigenvalue weighted by Crippen LogP contribution is -2.45. The van der Waals surface area contributed by atoms with Crippen LogP contribution in [0.25, 0.3) is 0 Å². The second-order valence-corrected chi connectivity index (χ2v) is 5.59. The van der Waals surface area contributed by atoms with E-state index < -0.39 is 36.0 Å². The fourth-order valence-electron chi connectivity index (χ4n) is 2.44. The largest absolute Gasteiger partial charge is 0.452 e. The summed E-state index contributed by atoms with van der Waals surface area (Å²) in [7, 11) is 0. The number of carbonyl (C=O) groups is 3. The third-order valence-electron chi connectivity index (χ3n) is 3.75. The molecule has 1 aromatic rings. The van der Waals surface area contributed by atoms with E-state index in [1.807, 2.05) is 0 Å². The van der Waals surface area contributed by atoms with Crippen molar-refractivity contribution < 1.29 is 23.5 Å². The highest BCUT2D eigenvalue weighted by atomic mass is 19.1. The van der Waals surface area contributed by atoms with Gasteiger partial charge in [0.2, 0.25) is 0 Å². The van der Waals surface area contributed by atoms with Crippen LogP contribution >= 0.6 is 0 Å². The van der Waals surface area contributed by atoms with Crippen molar-refractivity contribution in [2.45, 2.75) is 26.0 Å². The molecule has 1 aliphatic heterocycles. The molecule has 0 aromatic heterocycles. The molecule has 3 unspecified atom stereocenters. The maximum atomic E-state index is 13.0. The van der Waals surface area contributed by atoms with Crippen molar-refractivity contribution in [1.29, 1.82) is 0 Å². The zero-order valence-corrected chi connectivity index (χ0v) is 14.0. The molecular weight excluding hydrogens is 331 g/mol. The fraction of sp³-hybridized carbons (Fsp3) is 0.438. The number of urea groups is 1. The van der Waals surface area contributed by atoms with E-state index in [0.29, 0.717) is 18.7 Å². The molecule has 1 heterocycles. The van der Waals surface area contributed by atoms with Gasteiger partial charge in [-0.1, -0.05) is 12.1 Å². The van der Waals surface area contributed by atoms with Gasteiger partial charge in [0.25, 0.3) is 5.91 Å². The lowest BCUT2D eigenvalue weighted by Gasteiger charge is -2.20. The van der Waals surface area contributed by atoms with Gasteiger partial charge in [0.1, 0.15) is 5.82 Å². The van der Waals surface area contributed by atoms with Crippen LogP contribution in [0.1, 0.15) is 25.5 Å². The van der Waals surface area contributed by atoms with Gasteiger partial charge in [-0.15, -0.1) is 0 Å². The molecule has 1 aliphatic rings. The summed E-state index contributed by atoms with van der Waals surface area (Å²) in [6, 6.07) is 4.70. The molecule has 2 rings (SSSR count). The lowest BCUT2D eigenvalue weighted by molar-refractivity contribution is -0.158. The number of halogens is 1. The zero-order chi connectivity index (χ0) is 18.4. The summed E-state index contributed by atoms with van der Waals surface area (Å²) in [5.41, 5.74) is 6.51. The van der Waals surface area contributed by atoms with Crippen molar-refractivity contribution in [2.75, 3.05) is 13.1 Å². The first-order chi connectivity index (χ1) is 11.9. The fourth-order valence-corrected chi connectivity index (χ4v) is 2.44. The van der Waals surface area contributed by atoms with Crippen molar-refractivity contribution in [3.8, 4) is 0 Å². The van der Waals surface area contributed by atoms with Crippen molar-refractivity contribution in [3.63, 3.8) is 0 Å². The zero-order valence-electron chi connectivity index (χ0n) is 14.0. The molecule has 0 saturated carbocycles. The maximum Gasteiger partial charge on any atom is 0.321 e. The average molecular weight is 352 g/mol. The van der Waals surface area contributed by atoms with E-state index in [4.69, 9.17) is 4.74 Å². The van der Waals surface area contributed by atoms with Gasteiger partial charge in [0, 0.05) is 13.1 Å². The van der Waals surface area contributed by atoms with E-state index in [1.165, 1.54) is 19.1 Å².